The Morgan fingerprint density at radius 3 is 2.76 bits per heavy atom. The van der Waals surface area contributed by atoms with Crippen LogP contribution in [0.2, 0.25) is 0 Å². The number of carbonyl (C=O) groups excluding carboxylic acids is 1. The van der Waals surface area contributed by atoms with E-state index in [1.54, 1.807) is 24.4 Å². The molecule has 3 N–H and O–H groups in total. The molecule has 1 aromatic heterocycles. The Balaban J connectivity index is 1.46. The van der Waals surface area contributed by atoms with Gasteiger partial charge in [-0.15, -0.1) is 0 Å². The van der Waals surface area contributed by atoms with Gasteiger partial charge in [0.1, 0.15) is 11.9 Å². The van der Waals surface area contributed by atoms with Crippen LogP contribution in [0.15, 0.2) is 42.6 Å². The lowest BCUT2D eigenvalue weighted by molar-refractivity contribution is 0.100. The largest absolute Gasteiger partial charge is 0.370 e. The van der Waals surface area contributed by atoms with Crippen molar-refractivity contribution in [1.29, 1.82) is 5.26 Å². The Bertz CT molecular complexity index is 764. The van der Waals surface area contributed by atoms with Gasteiger partial charge in [0, 0.05) is 31.4 Å². The lowest BCUT2D eigenvalue weighted by atomic mass is 10.1. The number of likely N-dealkylation sites (tertiary alicyclic amines) is 1. The summed E-state index contributed by atoms with van der Waals surface area (Å²) in [6, 6.07) is 13.2. The number of nitrogens with two attached hydrogens (primary N) is 1. The maximum absolute atomic E-state index is 11.1. The number of rotatable bonds is 6. The number of nitrogens with zero attached hydrogens (tertiary/aromatic N) is 3. The zero-order chi connectivity index (χ0) is 17.6. The molecule has 0 bridgehead atoms. The summed E-state index contributed by atoms with van der Waals surface area (Å²) in [7, 11) is 0. The topological polar surface area (TPSA) is 95.0 Å². The first-order valence-electron chi connectivity index (χ1n) is 8.35. The monoisotopic (exact) mass is 335 g/mol. The van der Waals surface area contributed by atoms with E-state index in [0.29, 0.717) is 17.0 Å². The average Bonchev–Trinajstić information content (AvgIpc) is 3.08. The highest BCUT2D eigenvalue weighted by atomic mass is 16.1. The van der Waals surface area contributed by atoms with E-state index < -0.39 is 5.91 Å². The minimum atomic E-state index is -0.393. The van der Waals surface area contributed by atoms with Gasteiger partial charge in [0.2, 0.25) is 5.91 Å². The van der Waals surface area contributed by atoms with Crippen molar-refractivity contribution < 1.29 is 4.79 Å². The number of amides is 1. The molecule has 1 aromatic carbocycles. The van der Waals surface area contributed by atoms with E-state index >= 15 is 0 Å². The first-order valence-corrected chi connectivity index (χ1v) is 8.35. The third-order valence-electron chi connectivity index (χ3n) is 4.48. The highest BCUT2D eigenvalue weighted by Crippen LogP contribution is 2.19. The van der Waals surface area contributed by atoms with Gasteiger partial charge in [-0.2, -0.15) is 5.26 Å². The third kappa shape index (κ3) is 4.55. The van der Waals surface area contributed by atoms with Crippen molar-refractivity contribution in [3.8, 4) is 6.07 Å². The molecule has 0 spiro atoms. The van der Waals surface area contributed by atoms with Crippen molar-refractivity contribution in [2.45, 2.75) is 13.0 Å². The van der Waals surface area contributed by atoms with Gasteiger partial charge in [-0.25, -0.2) is 4.98 Å². The minimum absolute atomic E-state index is 0.393. The fraction of sp³-hybridized carbons (Fsp3) is 0.316. The number of hydrogen-bond donors (Lipinski definition) is 2. The van der Waals surface area contributed by atoms with E-state index in [0.717, 1.165) is 38.4 Å². The van der Waals surface area contributed by atoms with Gasteiger partial charge in [0.25, 0.3) is 0 Å². The molecule has 0 radical (unpaired) electrons. The van der Waals surface area contributed by atoms with E-state index in [1.165, 1.54) is 5.56 Å². The average molecular weight is 335 g/mol. The molecule has 3 rings (SSSR count). The van der Waals surface area contributed by atoms with Gasteiger partial charge in [-0.3, -0.25) is 9.69 Å². The molecule has 0 saturated carbocycles. The van der Waals surface area contributed by atoms with Crippen molar-refractivity contribution in [2.75, 3.05) is 25.0 Å². The molecule has 2 aromatic rings. The lowest BCUT2D eigenvalue weighted by Crippen LogP contribution is -2.23. The van der Waals surface area contributed by atoms with Crippen molar-refractivity contribution in [2.24, 2.45) is 11.7 Å². The van der Waals surface area contributed by atoms with Gasteiger partial charge in [-0.05, 0) is 48.7 Å². The van der Waals surface area contributed by atoms with Gasteiger partial charge >= 0.3 is 0 Å². The minimum Gasteiger partial charge on any atom is -0.370 e. The van der Waals surface area contributed by atoms with Crippen LogP contribution in [0.4, 0.5) is 5.82 Å². The second-order valence-electron chi connectivity index (χ2n) is 6.38. The molecule has 0 aliphatic carbocycles. The number of nitriles is 1. The number of carbonyl (C=O) groups is 1. The normalized spacial score (nSPS) is 17.2. The van der Waals surface area contributed by atoms with Gasteiger partial charge < -0.3 is 11.1 Å². The summed E-state index contributed by atoms with van der Waals surface area (Å²) in [5.74, 6) is 0.983. The number of primary amides is 1. The van der Waals surface area contributed by atoms with E-state index in [1.807, 2.05) is 18.2 Å². The molecule has 2 heterocycles. The fourth-order valence-electron chi connectivity index (χ4n) is 3.07. The Kier molecular flexibility index (Phi) is 5.26. The summed E-state index contributed by atoms with van der Waals surface area (Å²) >= 11 is 0. The maximum atomic E-state index is 11.1. The molecule has 6 heteroatoms. The van der Waals surface area contributed by atoms with Crippen LogP contribution in [-0.2, 0) is 6.54 Å². The first kappa shape index (κ1) is 16.9. The first-order chi connectivity index (χ1) is 12.1. The molecule has 1 fully saturated rings. The summed E-state index contributed by atoms with van der Waals surface area (Å²) in [4.78, 5) is 17.8. The molecule has 25 heavy (non-hydrogen) atoms. The SMILES string of the molecule is N#Cc1ccc(NCC2CCN(Cc3ccc(C(N)=O)cc3)C2)nc1. The second kappa shape index (κ2) is 7.77. The Hall–Kier alpha value is -2.91. The molecule has 128 valence electrons. The van der Waals surface area contributed by atoms with Crippen LogP contribution in [0, 0.1) is 17.2 Å². The molecule has 1 aliphatic heterocycles. The highest BCUT2D eigenvalue weighted by Gasteiger charge is 2.22. The molecule has 1 saturated heterocycles. The molecule has 6 nitrogen and oxygen atoms in total. The number of hydrogen-bond acceptors (Lipinski definition) is 5. The Labute approximate surface area is 147 Å². The standard InChI is InChI=1S/C19H21N5O/c20-9-15-3-6-18(22-10-15)23-11-16-7-8-24(13-16)12-14-1-4-17(5-2-14)19(21)25/h1-6,10,16H,7-8,11-13H2,(H2,21,25)(H,22,23). The van der Waals surface area contributed by atoms with Crippen LogP contribution in [0.5, 0.6) is 0 Å². The summed E-state index contributed by atoms with van der Waals surface area (Å²) in [6.45, 7) is 3.84. The number of nitrogens with one attached hydrogen (secondary N) is 1. The molecular weight excluding hydrogens is 314 g/mol. The predicted octanol–water partition coefficient (Wildman–Crippen LogP) is 1.99. The summed E-state index contributed by atoms with van der Waals surface area (Å²) in [5.41, 5.74) is 7.57. The molecule has 1 aliphatic rings. The van der Waals surface area contributed by atoms with E-state index in [2.05, 4.69) is 21.3 Å². The molecular formula is C19H21N5O. The maximum Gasteiger partial charge on any atom is 0.248 e. The zero-order valence-electron chi connectivity index (χ0n) is 14.0. The van der Waals surface area contributed by atoms with Crippen LogP contribution in [0.25, 0.3) is 0 Å². The smallest absolute Gasteiger partial charge is 0.248 e. The van der Waals surface area contributed by atoms with Crippen molar-refractivity contribution in [3.63, 3.8) is 0 Å². The Morgan fingerprint density at radius 2 is 2.12 bits per heavy atom. The van der Waals surface area contributed by atoms with Crippen molar-refractivity contribution in [1.82, 2.24) is 9.88 Å². The van der Waals surface area contributed by atoms with E-state index in [4.69, 9.17) is 11.0 Å². The zero-order valence-corrected chi connectivity index (χ0v) is 14.0. The van der Waals surface area contributed by atoms with Gasteiger partial charge in [0.05, 0.1) is 5.56 Å². The van der Waals surface area contributed by atoms with Crippen LogP contribution in [0.3, 0.4) is 0 Å². The summed E-state index contributed by atoms with van der Waals surface area (Å²) < 4.78 is 0. The second-order valence-corrected chi connectivity index (χ2v) is 6.38. The molecule has 1 amide bonds. The third-order valence-corrected chi connectivity index (χ3v) is 4.48. The molecule has 1 unspecified atom stereocenters. The van der Waals surface area contributed by atoms with Gasteiger partial charge in [0.15, 0.2) is 0 Å². The van der Waals surface area contributed by atoms with Crippen LogP contribution >= 0.6 is 0 Å². The van der Waals surface area contributed by atoms with Crippen LogP contribution in [-0.4, -0.2) is 35.4 Å². The Morgan fingerprint density at radius 1 is 1.32 bits per heavy atom. The predicted molar refractivity (Wildman–Crippen MR) is 95.8 cm³/mol. The van der Waals surface area contributed by atoms with E-state index in [9.17, 15) is 4.79 Å². The summed E-state index contributed by atoms with van der Waals surface area (Å²) in [6.07, 6.45) is 2.72. The van der Waals surface area contributed by atoms with Crippen molar-refractivity contribution >= 4 is 11.7 Å². The fourth-order valence-corrected chi connectivity index (χ4v) is 3.07. The van der Waals surface area contributed by atoms with Crippen molar-refractivity contribution in [3.05, 3.63) is 59.3 Å². The highest BCUT2D eigenvalue weighted by molar-refractivity contribution is 5.92. The molecule has 1 atom stereocenters. The number of aromatic nitrogens is 1. The summed E-state index contributed by atoms with van der Waals surface area (Å²) in [5, 5.41) is 12.1. The van der Waals surface area contributed by atoms with Crippen LogP contribution in [0.1, 0.15) is 27.9 Å². The van der Waals surface area contributed by atoms with Crippen LogP contribution < -0.4 is 11.1 Å². The quantitative estimate of drug-likeness (QED) is 0.842. The number of benzene rings is 1. The lowest BCUT2D eigenvalue weighted by Gasteiger charge is -2.16. The van der Waals surface area contributed by atoms with Gasteiger partial charge in [-0.1, -0.05) is 12.1 Å². The number of anilines is 1. The number of pyridine rings is 1. The van der Waals surface area contributed by atoms with E-state index in [-0.39, 0.29) is 0 Å².